The Labute approximate surface area is 105 Å². The van der Waals surface area contributed by atoms with Gasteiger partial charge in [0.2, 0.25) is 0 Å². The van der Waals surface area contributed by atoms with Crippen molar-refractivity contribution in [2.24, 2.45) is 0 Å². The molecule has 4 heteroatoms. The molecule has 0 aliphatic carbocycles. The van der Waals surface area contributed by atoms with E-state index in [1.54, 1.807) is 12.1 Å². The zero-order valence-electron chi connectivity index (χ0n) is 9.86. The second-order valence-electron chi connectivity index (χ2n) is 4.34. The highest BCUT2D eigenvalue weighted by molar-refractivity contribution is 7.99. The van der Waals surface area contributed by atoms with Crippen molar-refractivity contribution >= 4 is 17.5 Å². The maximum Gasteiger partial charge on any atom is 0.155 e. The molecule has 92 valence electrons. The van der Waals surface area contributed by atoms with Gasteiger partial charge >= 0.3 is 0 Å². The highest BCUT2D eigenvalue weighted by Gasteiger charge is 2.25. The van der Waals surface area contributed by atoms with Crippen LogP contribution < -0.4 is 0 Å². The van der Waals surface area contributed by atoms with Crippen LogP contribution in [-0.2, 0) is 11.2 Å². The van der Waals surface area contributed by atoms with Gasteiger partial charge < -0.3 is 0 Å². The molecular formula is C13H16FNOS. The van der Waals surface area contributed by atoms with E-state index >= 15 is 0 Å². The monoisotopic (exact) mass is 253 g/mol. The number of nitrogens with zero attached hydrogens (tertiary/aromatic N) is 1. The van der Waals surface area contributed by atoms with Crippen LogP contribution in [0, 0.1) is 5.82 Å². The molecule has 1 heterocycles. The molecule has 1 aromatic carbocycles. The number of likely N-dealkylation sites (N-methyl/N-ethyl adjacent to an activating group) is 1. The van der Waals surface area contributed by atoms with Crippen molar-refractivity contribution in [3.8, 4) is 0 Å². The number of hydrogen-bond acceptors (Lipinski definition) is 3. The van der Waals surface area contributed by atoms with Crippen molar-refractivity contribution < 1.29 is 9.18 Å². The summed E-state index contributed by atoms with van der Waals surface area (Å²) in [7, 11) is 1.98. The first-order chi connectivity index (χ1) is 8.16. The van der Waals surface area contributed by atoms with Crippen LogP contribution in [0.2, 0.25) is 0 Å². The lowest BCUT2D eigenvalue weighted by Crippen LogP contribution is -2.45. The van der Waals surface area contributed by atoms with Crippen LogP contribution >= 0.6 is 11.8 Å². The molecule has 2 nitrogen and oxygen atoms in total. The Hall–Kier alpha value is -0.870. The van der Waals surface area contributed by atoms with Crippen LogP contribution in [0.5, 0.6) is 0 Å². The molecule has 1 fully saturated rings. The summed E-state index contributed by atoms with van der Waals surface area (Å²) in [4.78, 5) is 14.2. The van der Waals surface area contributed by atoms with E-state index in [0.717, 1.165) is 23.6 Å². The SMILES string of the molecule is CN1CCSCC1C(=O)Cc1cccc(F)c1. The van der Waals surface area contributed by atoms with E-state index in [2.05, 4.69) is 4.90 Å². The average molecular weight is 253 g/mol. The number of ketones is 1. The molecule has 0 saturated carbocycles. The molecule has 1 aliphatic heterocycles. The molecule has 0 amide bonds. The summed E-state index contributed by atoms with van der Waals surface area (Å²) in [5, 5.41) is 0. The Morgan fingerprint density at radius 1 is 1.59 bits per heavy atom. The van der Waals surface area contributed by atoms with Gasteiger partial charge in [-0.05, 0) is 24.7 Å². The van der Waals surface area contributed by atoms with Crippen molar-refractivity contribution in [1.82, 2.24) is 4.90 Å². The van der Waals surface area contributed by atoms with Crippen molar-refractivity contribution in [1.29, 1.82) is 0 Å². The molecule has 1 aliphatic rings. The first kappa shape index (κ1) is 12.6. The van der Waals surface area contributed by atoms with Gasteiger partial charge in [0.1, 0.15) is 5.82 Å². The Bertz CT molecular complexity index is 410. The van der Waals surface area contributed by atoms with Gasteiger partial charge in [-0.2, -0.15) is 11.8 Å². The molecule has 1 unspecified atom stereocenters. The third-order valence-electron chi connectivity index (χ3n) is 3.04. The van der Waals surface area contributed by atoms with E-state index in [1.165, 1.54) is 12.1 Å². The van der Waals surface area contributed by atoms with E-state index < -0.39 is 0 Å². The summed E-state index contributed by atoms with van der Waals surface area (Å²) >= 11 is 1.81. The third-order valence-corrected chi connectivity index (χ3v) is 4.06. The molecule has 0 N–H and O–H groups in total. The standard InChI is InChI=1S/C13H16FNOS/c1-15-5-6-17-9-12(15)13(16)8-10-3-2-4-11(14)7-10/h2-4,7,12H,5-6,8-9H2,1H3. The van der Waals surface area contributed by atoms with Crippen molar-refractivity contribution in [2.45, 2.75) is 12.5 Å². The number of benzene rings is 1. The number of halogens is 1. The number of rotatable bonds is 3. The first-order valence-electron chi connectivity index (χ1n) is 5.72. The summed E-state index contributed by atoms with van der Waals surface area (Å²) in [5.74, 6) is 1.84. The molecule has 1 aromatic rings. The normalized spacial score (nSPS) is 21.4. The fraction of sp³-hybridized carbons (Fsp3) is 0.462. The Balaban J connectivity index is 2.01. The second kappa shape index (κ2) is 5.65. The predicted octanol–water partition coefficient (Wildman–Crippen LogP) is 1.98. The third kappa shape index (κ3) is 3.30. The van der Waals surface area contributed by atoms with Crippen LogP contribution in [0.15, 0.2) is 24.3 Å². The fourth-order valence-corrected chi connectivity index (χ4v) is 3.24. The molecule has 0 aromatic heterocycles. The second-order valence-corrected chi connectivity index (χ2v) is 5.49. The lowest BCUT2D eigenvalue weighted by atomic mass is 10.0. The van der Waals surface area contributed by atoms with Crippen LogP contribution in [0.25, 0.3) is 0 Å². The van der Waals surface area contributed by atoms with Crippen molar-refractivity contribution in [3.05, 3.63) is 35.6 Å². The molecule has 2 rings (SSSR count). The minimum Gasteiger partial charge on any atom is -0.298 e. The molecule has 17 heavy (non-hydrogen) atoms. The maximum atomic E-state index is 13.0. The summed E-state index contributed by atoms with van der Waals surface area (Å²) < 4.78 is 13.0. The first-order valence-corrected chi connectivity index (χ1v) is 6.87. The lowest BCUT2D eigenvalue weighted by Gasteiger charge is -2.30. The van der Waals surface area contributed by atoms with Gasteiger partial charge in [-0.3, -0.25) is 9.69 Å². The largest absolute Gasteiger partial charge is 0.298 e. The van der Waals surface area contributed by atoms with Crippen LogP contribution in [0.3, 0.4) is 0 Å². The highest BCUT2D eigenvalue weighted by Crippen LogP contribution is 2.17. The van der Waals surface area contributed by atoms with E-state index in [-0.39, 0.29) is 17.6 Å². The van der Waals surface area contributed by atoms with Crippen LogP contribution in [-0.4, -0.2) is 41.8 Å². The van der Waals surface area contributed by atoms with E-state index in [0.29, 0.717) is 6.42 Å². The van der Waals surface area contributed by atoms with Gasteiger partial charge in [-0.25, -0.2) is 4.39 Å². The van der Waals surface area contributed by atoms with Crippen molar-refractivity contribution in [3.63, 3.8) is 0 Å². The Morgan fingerprint density at radius 2 is 2.41 bits per heavy atom. The Morgan fingerprint density at radius 3 is 3.12 bits per heavy atom. The minimum absolute atomic E-state index is 0.0167. The van der Waals surface area contributed by atoms with Gasteiger partial charge in [0.15, 0.2) is 5.78 Å². The Kier molecular flexibility index (Phi) is 4.18. The zero-order valence-corrected chi connectivity index (χ0v) is 10.7. The number of thioether (sulfide) groups is 1. The van der Waals surface area contributed by atoms with E-state index in [4.69, 9.17) is 0 Å². The maximum absolute atomic E-state index is 13.0. The van der Waals surface area contributed by atoms with E-state index in [9.17, 15) is 9.18 Å². The molecule has 0 bridgehead atoms. The molecule has 1 atom stereocenters. The average Bonchev–Trinajstić information content (AvgIpc) is 2.29. The summed E-state index contributed by atoms with van der Waals surface area (Å²) in [6.07, 6.45) is 0.327. The molecular weight excluding hydrogens is 237 g/mol. The predicted molar refractivity (Wildman–Crippen MR) is 68.9 cm³/mol. The fourth-order valence-electron chi connectivity index (χ4n) is 1.99. The highest BCUT2D eigenvalue weighted by atomic mass is 32.2. The van der Waals surface area contributed by atoms with E-state index in [1.807, 2.05) is 18.8 Å². The topological polar surface area (TPSA) is 20.3 Å². The lowest BCUT2D eigenvalue weighted by molar-refractivity contribution is -0.122. The number of hydrogen-bond donors (Lipinski definition) is 0. The van der Waals surface area contributed by atoms with Crippen LogP contribution in [0.1, 0.15) is 5.56 Å². The van der Waals surface area contributed by atoms with Gasteiger partial charge in [-0.1, -0.05) is 12.1 Å². The number of carbonyl (C=O) groups excluding carboxylic acids is 1. The minimum atomic E-state index is -0.276. The van der Waals surface area contributed by atoms with Gasteiger partial charge in [-0.15, -0.1) is 0 Å². The quantitative estimate of drug-likeness (QED) is 0.821. The van der Waals surface area contributed by atoms with Crippen LogP contribution in [0.4, 0.5) is 4.39 Å². The molecule has 0 spiro atoms. The number of Topliss-reactive ketones (excluding diaryl/α,β-unsaturated/α-hetero) is 1. The van der Waals surface area contributed by atoms with Gasteiger partial charge in [0.25, 0.3) is 0 Å². The van der Waals surface area contributed by atoms with Gasteiger partial charge in [0.05, 0.1) is 6.04 Å². The summed E-state index contributed by atoms with van der Waals surface area (Å²) in [6, 6.07) is 6.27. The summed E-state index contributed by atoms with van der Waals surface area (Å²) in [6.45, 7) is 0.949. The molecule has 0 radical (unpaired) electrons. The zero-order chi connectivity index (χ0) is 12.3. The van der Waals surface area contributed by atoms with Crippen molar-refractivity contribution in [2.75, 3.05) is 25.1 Å². The molecule has 1 saturated heterocycles. The number of carbonyl (C=O) groups is 1. The summed E-state index contributed by atoms with van der Waals surface area (Å²) in [5.41, 5.74) is 0.763. The van der Waals surface area contributed by atoms with Gasteiger partial charge in [0, 0.05) is 24.5 Å². The smallest absolute Gasteiger partial charge is 0.155 e.